The number of methoxy groups -OCH3 is 1. The van der Waals surface area contributed by atoms with E-state index >= 15 is 0 Å². The smallest absolute Gasteiger partial charge is 0.151 e. The number of halogens is 1. The monoisotopic (exact) mass is 362 g/mol. The van der Waals surface area contributed by atoms with E-state index in [4.69, 9.17) is 4.74 Å². The summed E-state index contributed by atoms with van der Waals surface area (Å²) in [7, 11) is 0.536. The summed E-state index contributed by atoms with van der Waals surface area (Å²) in [6.07, 6.45) is 1.68. The van der Waals surface area contributed by atoms with E-state index in [9.17, 15) is 4.21 Å². The van der Waals surface area contributed by atoms with Gasteiger partial charge in [0.1, 0.15) is 11.0 Å². The minimum absolute atomic E-state index is 0.0257. The van der Waals surface area contributed by atoms with Crippen molar-refractivity contribution in [2.75, 3.05) is 13.7 Å². The molecule has 0 saturated carbocycles. The number of pyridine rings is 1. The standard InChI is InChI=1S/C14H23BrN2O2S/c1-7-17(20(18)14(3,4)5)10(2)12-8-11(15)13(19-6)9-16-12/h8-10H,7H2,1-6H3/t10-,20?/m1/s1. The molecule has 6 heteroatoms. The van der Waals surface area contributed by atoms with E-state index in [-0.39, 0.29) is 10.8 Å². The first kappa shape index (κ1) is 17.6. The fourth-order valence-corrected chi connectivity index (χ4v) is 3.68. The molecule has 0 aliphatic rings. The molecule has 0 radical (unpaired) electrons. The minimum Gasteiger partial charge on any atom is -0.494 e. The molecule has 20 heavy (non-hydrogen) atoms. The number of hydrogen-bond acceptors (Lipinski definition) is 3. The molecule has 4 nitrogen and oxygen atoms in total. The predicted molar refractivity (Wildman–Crippen MR) is 87.2 cm³/mol. The topological polar surface area (TPSA) is 42.4 Å². The van der Waals surface area contributed by atoms with Crippen molar-refractivity contribution in [3.63, 3.8) is 0 Å². The minimum atomic E-state index is -1.07. The Kier molecular flexibility index (Phi) is 6.16. The Balaban J connectivity index is 3.05. The average Bonchev–Trinajstić information content (AvgIpc) is 2.38. The largest absolute Gasteiger partial charge is 0.494 e. The van der Waals surface area contributed by atoms with E-state index < -0.39 is 11.0 Å². The maximum absolute atomic E-state index is 12.6. The van der Waals surface area contributed by atoms with Crippen LogP contribution in [0, 0.1) is 0 Å². The first-order chi connectivity index (χ1) is 9.22. The van der Waals surface area contributed by atoms with Gasteiger partial charge >= 0.3 is 0 Å². The van der Waals surface area contributed by atoms with Crippen LogP contribution in [0.1, 0.15) is 46.4 Å². The van der Waals surface area contributed by atoms with Gasteiger partial charge in [0.2, 0.25) is 0 Å². The highest BCUT2D eigenvalue weighted by Gasteiger charge is 2.29. The number of hydrogen-bond donors (Lipinski definition) is 0. The first-order valence-electron chi connectivity index (χ1n) is 6.60. The molecule has 0 aromatic carbocycles. The van der Waals surface area contributed by atoms with Crippen molar-refractivity contribution in [2.45, 2.75) is 45.4 Å². The molecule has 2 atom stereocenters. The van der Waals surface area contributed by atoms with E-state index in [1.54, 1.807) is 13.3 Å². The van der Waals surface area contributed by atoms with Crippen molar-refractivity contribution in [2.24, 2.45) is 0 Å². The Morgan fingerprint density at radius 1 is 1.50 bits per heavy atom. The number of nitrogens with zero attached hydrogens (tertiary/aromatic N) is 2. The van der Waals surface area contributed by atoms with Crippen LogP contribution < -0.4 is 4.74 Å². The molecule has 0 amide bonds. The van der Waals surface area contributed by atoms with Crippen LogP contribution >= 0.6 is 15.9 Å². The van der Waals surface area contributed by atoms with Gasteiger partial charge in [0.15, 0.2) is 5.75 Å². The molecule has 1 unspecified atom stereocenters. The predicted octanol–water partition coefficient (Wildman–Crippen LogP) is 3.70. The number of ether oxygens (including phenoxy) is 1. The summed E-state index contributed by atoms with van der Waals surface area (Å²) >= 11 is 3.46. The maximum atomic E-state index is 12.6. The van der Waals surface area contributed by atoms with Crippen LogP contribution in [0.5, 0.6) is 5.75 Å². The third kappa shape index (κ3) is 4.02. The van der Waals surface area contributed by atoms with E-state index in [2.05, 4.69) is 20.9 Å². The van der Waals surface area contributed by atoms with Gasteiger partial charge in [-0.15, -0.1) is 0 Å². The molecule has 1 aromatic rings. The van der Waals surface area contributed by atoms with Crippen LogP contribution in [0.4, 0.5) is 0 Å². The highest BCUT2D eigenvalue weighted by Crippen LogP contribution is 2.30. The lowest BCUT2D eigenvalue weighted by Crippen LogP contribution is -2.39. The molecule has 0 N–H and O–H groups in total. The van der Waals surface area contributed by atoms with Crippen LogP contribution in [-0.2, 0) is 11.0 Å². The second kappa shape index (κ2) is 7.00. The third-order valence-electron chi connectivity index (χ3n) is 2.97. The van der Waals surface area contributed by atoms with E-state index in [1.807, 2.05) is 45.0 Å². The molecule has 0 bridgehead atoms. The fraction of sp³-hybridized carbons (Fsp3) is 0.643. The second-order valence-corrected chi connectivity index (χ2v) is 8.56. The highest BCUT2D eigenvalue weighted by atomic mass is 79.9. The SMILES string of the molecule is CCN([C@H](C)c1cc(Br)c(OC)cn1)S(=O)C(C)(C)C. The van der Waals surface area contributed by atoms with Crippen molar-refractivity contribution in [1.82, 2.24) is 9.29 Å². The second-order valence-electron chi connectivity index (χ2n) is 5.51. The normalized spacial score (nSPS) is 15.2. The summed E-state index contributed by atoms with van der Waals surface area (Å²) in [6, 6.07) is 1.90. The van der Waals surface area contributed by atoms with Crippen LogP contribution in [0.15, 0.2) is 16.7 Å². The molecule has 114 valence electrons. The van der Waals surface area contributed by atoms with Gasteiger partial charge in [0.05, 0.1) is 34.3 Å². The van der Waals surface area contributed by atoms with Crippen molar-refractivity contribution >= 4 is 26.9 Å². The molecule has 1 rings (SSSR count). The zero-order chi connectivity index (χ0) is 15.5. The Morgan fingerprint density at radius 3 is 2.50 bits per heavy atom. The van der Waals surface area contributed by atoms with E-state index in [1.165, 1.54) is 0 Å². The Hall–Kier alpha value is -0.460. The molecule has 0 fully saturated rings. The summed E-state index contributed by atoms with van der Waals surface area (Å²) in [5, 5.41) is 0. The maximum Gasteiger partial charge on any atom is 0.151 e. The van der Waals surface area contributed by atoms with Gasteiger partial charge in [-0.1, -0.05) is 6.92 Å². The summed E-state index contributed by atoms with van der Waals surface area (Å²) in [6.45, 7) is 10.7. The third-order valence-corrected chi connectivity index (χ3v) is 5.64. The van der Waals surface area contributed by atoms with Crippen molar-refractivity contribution < 1.29 is 8.95 Å². The summed E-state index contributed by atoms with van der Waals surface area (Å²) in [5.41, 5.74) is 0.872. The summed E-state index contributed by atoms with van der Waals surface area (Å²) in [4.78, 5) is 4.41. The Labute approximate surface area is 132 Å². The lowest BCUT2D eigenvalue weighted by Gasteiger charge is -2.32. The zero-order valence-electron chi connectivity index (χ0n) is 12.9. The first-order valence-corrected chi connectivity index (χ1v) is 8.50. The Bertz CT molecular complexity index is 489. The highest BCUT2D eigenvalue weighted by molar-refractivity contribution is 9.10. The van der Waals surface area contributed by atoms with Gasteiger partial charge in [-0.2, -0.15) is 0 Å². The van der Waals surface area contributed by atoms with Gasteiger partial charge in [0, 0.05) is 6.54 Å². The molecule has 0 aliphatic carbocycles. The lowest BCUT2D eigenvalue weighted by molar-refractivity contribution is 0.363. The average molecular weight is 363 g/mol. The van der Waals surface area contributed by atoms with Gasteiger partial charge in [-0.05, 0) is 49.7 Å². The molecule has 0 aliphatic heterocycles. The quantitative estimate of drug-likeness (QED) is 0.801. The fourth-order valence-electron chi connectivity index (χ4n) is 1.85. The zero-order valence-corrected chi connectivity index (χ0v) is 15.3. The molecule has 1 heterocycles. The van der Waals surface area contributed by atoms with Crippen LogP contribution in [0.2, 0.25) is 0 Å². The Morgan fingerprint density at radius 2 is 2.10 bits per heavy atom. The van der Waals surface area contributed by atoms with Crippen LogP contribution in [-0.4, -0.2) is 31.9 Å². The lowest BCUT2D eigenvalue weighted by atomic mass is 10.2. The van der Waals surface area contributed by atoms with Gasteiger partial charge in [-0.25, -0.2) is 8.51 Å². The van der Waals surface area contributed by atoms with Crippen LogP contribution in [0.3, 0.4) is 0 Å². The van der Waals surface area contributed by atoms with E-state index in [0.717, 1.165) is 10.2 Å². The number of rotatable bonds is 5. The van der Waals surface area contributed by atoms with Crippen molar-refractivity contribution in [3.8, 4) is 5.75 Å². The molecule has 0 spiro atoms. The van der Waals surface area contributed by atoms with Gasteiger partial charge in [0.25, 0.3) is 0 Å². The number of aromatic nitrogens is 1. The molecule has 0 saturated heterocycles. The van der Waals surface area contributed by atoms with E-state index in [0.29, 0.717) is 12.3 Å². The summed E-state index contributed by atoms with van der Waals surface area (Å²) < 4.78 is 20.3. The van der Waals surface area contributed by atoms with Crippen molar-refractivity contribution in [1.29, 1.82) is 0 Å². The van der Waals surface area contributed by atoms with Gasteiger partial charge < -0.3 is 4.74 Å². The van der Waals surface area contributed by atoms with Crippen molar-refractivity contribution in [3.05, 3.63) is 22.4 Å². The molecular weight excluding hydrogens is 340 g/mol. The summed E-state index contributed by atoms with van der Waals surface area (Å²) in [5.74, 6) is 0.695. The molecule has 1 aromatic heterocycles. The van der Waals surface area contributed by atoms with Crippen LogP contribution in [0.25, 0.3) is 0 Å². The van der Waals surface area contributed by atoms with Gasteiger partial charge in [-0.3, -0.25) is 4.98 Å². The molecular formula is C14H23BrN2O2S.